The van der Waals surface area contributed by atoms with Crippen molar-refractivity contribution in [3.05, 3.63) is 78.4 Å². The number of rotatable bonds is 1. The van der Waals surface area contributed by atoms with Gasteiger partial charge < -0.3 is 15.6 Å². The van der Waals surface area contributed by atoms with E-state index in [0.29, 0.717) is 15.5 Å². The van der Waals surface area contributed by atoms with Crippen molar-refractivity contribution >= 4 is 51.3 Å². The van der Waals surface area contributed by atoms with Crippen LogP contribution >= 0.6 is 0 Å². The average molecular weight is 561 g/mol. The number of carbonyl (C=O) groups excluding carboxylic acids is 1. The van der Waals surface area contributed by atoms with E-state index in [9.17, 15) is 18.3 Å². The third kappa shape index (κ3) is 3.79. The SMILES string of the molecule is Nc1ccc(C(=O)[O-])cc1.O=S1(=O)c2cccc[c]2[Bi+][c]2ccccc21. The quantitative estimate of drug-likeness (QED) is 0.263. The summed E-state index contributed by atoms with van der Waals surface area (Å²) in [5.41, 5.74) is 6.01. The Morgan fingerprint density at radius 3 is 1.73 bits per heavy atom. The summed E-state index contributed by atoms with van der Waals surface area (Å²) in [5, 5.41) is 10.2. The van der Waals surface area contributed by atoms with Crippen LogP contribution < -0.4 is 17.4 Å². The standard InChI is InChI=1S/C12H8O2S.C7H7NO2.Bi/c13-15(14,11-7-3-1-4-8-11)12-9-5-2-6-10-12;8-6-3-1-5(2-4-6)7(9)10;/h1-7,9H;1-4H,8H2,(H,9,10);/q;;+1/p-1. The number of nitrogen functional groups attached to an aromatic ring is 1. The molecule has 0 fully saturated rings. The molecule has 3 aromatic carbocycles. The summed E-state index contributed by atoms with van der Waals surface area (Å²) in [6, 6.07) is 20.7. The van der Waals surface area contributed by atoms with Crippen molar-refractivity contribution in [1.82, 2.24) is 0 Å². The number of anilines is 1. The van der Waals surface area contributed by atoms with Gasteiger partial charge >= 0.3 is 106 Å². The van der Waals surface area contributed by atoms with Gasteiger partial charge in [-0.1, -0.05) is 12.1 Å². The average Bonchev–Trinajstić information content (AvgIpc) is 2.63. The zero-order chi connectivity index (χ0) is 18.7. The fourth-order valence-electron chi connectivity index (χ4n) is 2.42. The predicted octanol–water partition coefficient (Wildman–Crippen LogP) is 0.120. The number of sulfone groups is 1. The zero-order valence-electron chi connectivity index (χ0n) is 13.5. The van der Waals surface area contributed by atoms with Crippen LogP contribution in [-0.4, -0.2) is 37.6 Å². The number of fused-ring (bicyclic) bond motifs is 2. The molecule has 3 aromatic rings. The van der Waals surface area contributed by atoms with E-state index < -0.39 is 39.0 Å². The van der Waals surface area contributed by atoms with Gasteiger partial charge in [-0.25, -0.2) is 0 Å². The van der Waals surface area contributed by atoms with E-state index in [-0.39, 0.29) is 5.56 Å². The molecule has 4 rings (SSSR count). The van der Waals surface area contributed by atoms with Gasteiger partial charge in [-0.05, 0) is 17.7 Å². The first-order valence-corrected chi connectivity index (χ1v) is 12.6. The first-order valence-electron chi connectivity index (χ1n) is 7.61. The predicted molar refractivity (Wildman–Crippen MR) is 98.5 cm³/mol. The van der Waals surface area contributed by atoms with Gasteiger partial charge in [-0.3, -0.25) is 0 Å². The number of nitrogens with two attached hydrogens (primary N) is 1. The van der Waals surface area contributed by atoms with Gasteiger partial charge in [0.05, 0.1) is 5.97 Å². The second-order valence-corrected chi connectivity index (χ2v) is 12.0. The van der Waals surface area contributed by atoms with Gasteiger partial charge in [0.2, 0.25) is 0 Å². The molecule has 5 nitrogen and oxygen atoms in total. The normalized spacial score (nSPS) is 13.5. The zero-order valence-corrected chi connectivity index (χ0v) is 17.8. The molecule has 2 N–H and O–H groups in total. The van der Waals surface area contributed by atoms with Crippen LogP contribution in [0.25, 0.3) is 0 Å². The van der Waals surface area contributed by atoms with Crippen molar-refractivity contribution < 1.29 is 18.3 Å². The van der Waals surface area contributed by atoms with Crippen LogP contribution in [0.5, 0.6) is 0 Å². The van der Waals surface area contributed by atoms with Gasteiger partial charge in [0.25, 0.3) is 0 Å². The van der Waals surface area contributed by atoms with E-state index in [1.165, 1.54) is 24.3 Å². The topological polar surface area (TPSA) is 100 Å². The number of aromatic carboxylic acids is 1. The molecule has 1 aliphatic rings. The minimum absolute atomic E-state index is 0.147. The van der Waals surface area contributed by atoms with E-state index >= 15 is 0 Å². The molecule has 0 atom stereocenters. The Morgan fingerprint density at radius 2 is 1.27 bits per heavy atom. The molecule has 2 radical (unpaired) electrons. The number of carbonyl (C=O) groups is 1. The Hall–Kier alpha value is -2.24. The molecule has 0 saturated heterocycles. The van der Waals surface area contributed by atoms with Crippen LogP contribution in [0.2, 0.25) is 0 Å². The fourth-order valence-corrected chi connectivity index (χ4v) is 11.2. The van der Waals surface area contributed by atoms with E-state index in [2.05, 4.69) is 0 Å². The Morgan fingerprint density at radius 1 is 0.808 bits per heavy atom. The summed E-state index contributed by atoms with van der Waals surface area (Å²) in [6.45, 7) is 0. The van der Waals surface area contributed by atoms with Crippen molar-refractivity contribution in [1.29, 1.82) is 0 Å². The fraction of sp³-hybridized carbons (Fsp3) is 0. The summed E-state index contributed by atoms with van der Waals surface area (Å²) in [4.78, 5) is 11.2. The number of benzene rings is 3. The maximum absolute atomic E-state index is 12.3. The Kier molecular flexibility index (Phi) is 5.39. The molecule has 0 spiro atoms. The summed E-state index contributed by atoms with van der Waals surface area (Å²) in [6.07, 6.45) is 0. The molecule has 1 heterocycles. The number of hydrogen-bond donors (Lipinski definition) is 1. The van der Waals surface area contributed by atoms with E-state index in [0.717, 1.165) is 6.54 Å². The van der Waals surface area contributed by atoms with Crippen LogP contribution in [0.4, 0.5) is 5.69 Å². The molecule has 1 aliphatic heterocycles. The summed E-state index contributed by atoms with van der Waals surface area (Å²) >= 11 is -1.05. The van der Waals surface area contributed by atoms with Gasteiger partial charge in [0.1, 0.15) is 0 Å². The van der Waals surface area contributed by atoms with Crippen molar-refractivity contribution in [2.24, 2.45) is 0 Å². The van der Waals surface area contributed by atoms with Gasteiger partial charge in [-0.2, -0.15) is 0 Å². The van der Waals surface area contributed by atoms with E-state index in [1.807, 2.05) is 24.3 Å². The molecule has 0 amide bonds. The van der Waals surface area contributed by atoms with Crippen LogP contribution in [-0.2, 0) is 9.84 Å². The number of carboxylic acids is 1. The molecular formula is C19H14BiNO4S. The molecule has 0 aliphatic carbocycles. The third-order valence-corrected chi connectivity index (χ3v) is 11.7. The minimum atomic E-state index is -3.26. The molecule has 0 saturated carbocycles. The maximum atomic E-state index is 12.3. The molecule has 0 bridgehead atoms. The van der Waals surface area contributed by atoms with Crippen molar-refractivity contribution in [2.45, 2.75) is 9.79 Å². The van der Waals surface area contributed by atoms with Gasteiger partial charge in [0, 0.05) is 5.69 Å². The second kappa shape index (κ2) is 7.56. The van der Waals surface area contributed by atoms with Crippen molar-refractivity contribution in [3.63, 3.8) is 0 Å². The van der Waals surface area contributed by atoms with Crippen LogP contribution in [0.3, 0.4) is 0 Å². The monoisotopic (exact) mass is 561 g/mol. The molecule has 26 heavy (non-hydrogen) atoms. The Labute approximate surface area is 163 Å². The summed E-state index contributed by atoms with van der Waals surface area (Å²) in [5.74, 6) is -1.18. The summed E-state index contributed by atoms with van der Waals surface area (Å²) < 4.78 is 26.8. The second-order valence-electron chi connectivity index (χ2n) is 5.46. The van der Waals surface area contributed by atoms with Crippen molar-refractivity contribution in [2.75, 3.05) is 5.73 Å². The Balaban J connectivity index is 0.000000170. The van der Waals surface area contributed by atoms with E-state index in [4.69, 9.17) is 5.73 Å². The first kappa shape index (κ1) is 18.6. The van der Waals surface area contributed by atoms with Crippen LogP contribution in [0.1, 0.15) is 10.4 Å². The van der Waals surface area contributed by atoms with Crippen molar-refractivity contribution in [3.8, 4) is 0 Å². The van der Waals surface area contributed by atoms with Crippen LogP contribution in [0, 0.1) is 0 Å². The third-order valence-electron chi connectivity index (χ3n) is 3.70. The molecule has 7 heteroatoms. The van der Waals surface area contributed by atoms with Gasteiger partial charge in [-0.15, -0.1) is 0 Å². The number of carboxylic acid groups (broad SMARTS) is 1. The van der Waals surface area contributed by atoms with E-state index in [1.54, 1.807) is 24.3 Å². The molecular weight excluding hydrogens is 547 g/mol. The van der Waals surface area contributed by atoms with Gasteiger partial charge in [0.15, 0.2) is 0 Å². The molecule has 0 aromatic heterocycles. The molecule has 0 unspecified atom stereocenters. The molecule has 130 valence electrons. The van der Waals surface area contributed by atoms with Crippen LogP contribution in [0.15, 0.2) is 82.6 Å². The first-order chi connectivity index (χ1) is 12.4. The number of hydrogen-bond acceptors (Lipinski definition) is 5. The summed E-state index contributed by atoms with van der Waals surface area (Å²) in [7, 11) is -3.26. The Bertz CT molecular complexity index is 1010.